The van der Waals surface area contributed by atoms with Crippen LogP contribution in [0, 0.1) is 0 Å². The number of carbonyl (C=O) groups excluding carboxylic acids is 1. The molecule has 0 aliphatic carbocycles. The fraction of sp³-hybridized carbons (Fsp3) is 0.500. The van der Waals surface area contributed by atoms with Crippen molar-refractivity contribution in [1.82, 2.24) is 0 Å². The van der Waals surface area contributed by atoms with Gasteiger partial charge in [-0.1, -0.05) is 18.2 Å². The molecule has 0 atom stereocenters. The number of amides is 1. The van der Waals surface area contributed by atoms with E-state index in [0.717, 1.165) is 6.07 Å². The third kappa shape index (κ3) is 2.82. The largest absolute Gasteiger partial charge is 0.460 e. The molecule has 0 saturated carbocycles. The van der Waals surface area contributed by atoms with Crippen molar-refractivity contribution in [3.63, 3.8) is 0 Å². The van der Waals surface area contributed by atoms with E-state index in [1.165, 1.54) is 18.2 Å². The lowest BCUT2D eigenvalue weighted by Gasteiger charge is -2.37. The molecule has 2 rings (SSSR count). The standard InChI is InChI=1S/C14H10F9NO/c15-11(16,12(17,18)13(19,20)14(21,22)23)10(25)24-7-3-5-8-4-1-2-6-9(8)24/h1-2,4,6H,3,5,7H2. The van der Waals surface area contributed by atoms with Crippen LogP contribution in [0.4, 0.5) is 45.2 Å². The minimum absolute atomic E-state index is 0.0556. The van der Waals surface area contributed by atoms with Gasteiger partial charge in [-0.3, -0.25) is 4.79 Å². The summed E-state index contributed by atoms with van der Waals surface area (Å²) in [5.74, 6) is -23.1. The second-order valence-corrected chi connectivity index (χ2v) is 5.41. The molecule has 0 saturated heterocycles. The van der Waals surface area contributed by atoms with Crippen molar-refractivity contribution >= 4 is 11.6 Å². The molecule has 0 unspecified atom stereocenters. The van der Waals surface area contributed by atoms with Crippen LogP contribution in [0.2, 0.25) is 0 Å². The number of para-hydroxylation sites is 1. The van der Waals surface area contributed by atoms with Gasteiger partial charge in [-0.2, -0.15) is 39.5 Å². The molecule has 140 valence electrons. The highest BCUT2D eigenvalue weighted by Crippen LogP contribution is 2.53. The third-order valence-corrected chi connectivity index (χ3v) is 3.77. The first-order chi connectivity index (χ1) is 11.2. The van der Waals surface area contributed by atoms with E-state index < -0.39 is 36.4 Å². The lowest BCUT2D eigenvalue weighted by atomic mass is 9.98. The van der Waals surface area contributed by atoms with Gasteiger partial charge in [-0.05, 0) is 24.5 Å². The van der Waals surface area contributed by atoms with Crippen LogP contribution in [0.3, 0.4) is 0 Å². The quantitative estimate of drug-likeness (QED) is 0.712. The summed E-state index contributed by atoms with van der Waals surface area (Å²) in [6.07, 6.45) is -6.60. The number of hydrogen-bond donors (Lipinski definition) is 0. The van der Waals surface area contributed by atoms with Gasteiger partial charge < -0.3 is 4.90 Å². The second-order valence-electron chi connectivity index (χ2n) is 5.41. The first-order valence-corrected chi connectivity index (χ1v) is 6.85. The Bertz CT molecular complexity index is 669. The Morgan fingerprint density at radius 3 is 2.00 bits per heavy atom. The number of rotatable bonds is 3. The highest BCUT2D eigenvalue weighted by molar-refractivity contribution is 6.00. The number of alkyl halides is 9. The smallest absolute Gasteiger partial charge is 0.307 e. The van der Waals surface area contributed by atoms with Crippen molar-refractivity contribution in [2.75, 3.05) is 11.4 Å². The van der Waals surface area contributed by atoms with Gasteiger partial charge in [0.25, 0.3) is 0 Å². The number of nitrogens with zero attached hydrogens (tertiary/aromatic N) is 1. The molecular formula is C14H10F9NO. The maximum absolute atomic E-state index is 13.8. The fourth-order valence-electron chi connectivity index (χ4n) is 2.42. The van der Waals surface area contributed by atoms with E-state index >= 15 is 0 Å². The number of fused-ring (bicyclic) bond motifs is 1. The molecule has 1 aliphatic heterocycles. The lowest BCUT2D eigenvalue weighted by molar-refractivity contribution is -0.388. The van der Waals surface area contributed by atoms with E-state index in [-0.39, 0.29) is 17.0 Å². The van der Waals surface area contributed by atoms with Crippen LogP contribution >= 0.6 is 0 Å². The van der Waals surface area contributed by atoms with Gasteiger partial charge in [0, 0.05) is 12.2 Å². The van der Waals surface area contributed by atoms with Gasteiger partial charge in [-0.25, -0.2) is 0 Å². The number of hydrogen-bond acceptors (Lipinski definition) is 1. The molecule has 0 bridgehead atoms. The molecule has 0 N–H and O–H groups in total. The zero-order chi connectivity index (χ0) is 19.3. The van der Waals surface area contributed by atoms with E-state index in [2.05, 4.69) is 0 Å². The minimum Gasteiger partial charge on any atom is -0.307 e. The zero-order valence-electron chi connectivity index (χ0n) is 12.2. The summed E-state index contributed by atoms with van der Waals surface area (Å²) in [7, 11) is 0. The Hall–Kier alpha value is -1.94. The van der Waals surface area contributed by atoms with Gasteiger partial charge >= 0.3 is 29.9 Å². The molecule has 1 aromatic carbocycles. The van der Waals surface area contributed by atoms with E-state index in [1.54, 1.807) is 0 Å². The van der Waals surface area contributed by atoms with Crippen molar-refractivity contribution < 1.29 is 44.3 Å². The van der Waals surface area contributed by atoms with Crippen LogP contribution in [0.15, 0.2) is 24.3 Å². The van der Waals surface area contributed by atoms with Crippen LogP contribution in [0.1, 0.15) is 12.0 Å². The molecule has 1 aromatic rings. The molecule has 1 heterocycles. The van der Waals surface area contributed by atoms with Gasteiger partial charge in [0.1, 0.15) is 0 Å². The maximum atomic E-state index is 13.8. The Labute approximate surface area is 135 Å². The average Bonchev–Trinajstić information content (AvgIpc) is 2.52. The molecule has 25 heavy (non-hydrogen) atoms. The molecule has 1 aliphatic rings. The molecule has 2 nitrogen and oxygen atoms in total. The first-order valence-electron chi connectivity index (χ1n) is 6.85. The van der Waals surface area contributed by atoms with Crippen molar-refractivity contribution in [3.8, 4) is 0 Å². The topological polar surface area (TPSA) is 20.3 Å². The predicted molar refractivity (Wildman–Crippen MR) is 68.0 cm³/mol. The van der Waals surface area contributed by atoms with Crippen LogP contribution in [0.25, 0.3) is 0 Å². The molecule has 0 aromatic heterocycles. The Morgan fingerprint density at radius 2 is 1.44 bits per heavy atom. The average molecular weight is 379 g/mol. The number of benzene rings is 1. The number of carbonyl (C=O) groups is 1. The molecule has 1 amide bonds. The summed E-state index contributed by atoms with van der Waals surface area (Å²) < 4.78 is 116. The highest BCUT2D eigenvalue weighted by atomic mass is 19.4. The van der Waals surface area contributed by atoms with Crippen LogP contribution < -0.4 is 4.90 Å². The molecule has 0 spiro atoms. The fourth-order valence-corrected chi connectivity index (χ4v) is 2.42. The van der Waals surface area contributed by atoms with Crippen molar-refractivity contribution in [2.24, 2.45) is 0 Å². The summed E-state index contributed by atoms with van der Waals surface area (Å²) in [4.78, 5) is 11.9. The zero-order valence-corrected chi connectivity index (χ0v) is 12.2. The van der Waals surface area contributed by atoms with Crippen molar-refractivity contribution in [2.45, 2.75) is 36.8 Å². The Morgan fingerprint density at radius 1 is 0.880 bits per heavy atom. The molecular weight excluding hydrogens is 369 g/mol. The van der Waals surface area contributed by atoms with Crippen molar-refractivity contribution in [1.29, 1.82) is 0 Å². The third-order valence-electron chi connectivity index (χ3n) is 3.77. The van der Waals surface area contributed by atoms with E-state index in [4.69, 9.17) is 0 Å². The molecule has 0 fully saturated rings. The van der Waals surface area contributed by atoms with Gasteiger partial charge in [0.05, 0.1) is 0 Å². The molecule has 0 radical (unpaired) electrons. The summed E-state index contributed by atoms with van der Waals surface area (Å²) in [6.45, 7) is -0.515. The van der Waals surface area contributed by atoms with Gasteiger partial charge in [-0.15, -0.1) is 0 Å². The Balaban J connectivity index is 2.45. The number of anilines is 1. The summed E-state index contributed by atoms with van der Waals surface area (Å²) >= 11 is 0. The van der Waals surface area contributed by atoms with Crippen molar-refractivity contribution in [3.05, 3.63) is 29.8 Å². The number of halogens is 9. The summed E-state index contributed by atoms with van der Waals surface area (Å²) in [5.41, 5.74) is 0.0772. The SMILES string of the molecule is O=C(N1CCCc2ccccc21)C(F)(F)C(F)(F)C(F)(F)C(F)(F)F. The molecule has 11 heteroatoms. The van der Waals surface area contributed by atoms with E-state index in [1.807, 2.05) is 0 Å². The highest BCUT2D eigenvalue weighted by Gasteiger charge is 2.84. The van der Waals surface area contributed by atoms with E-state index in [9.17, 15) is 44.3 Å². The maximum Gasteiger partial charge on any atom is 0.460 e. The first kappa shape index (κ1) is 19.4. The van der Waals surface area contributed by atoms with Gasteiger partial charge in [0.2, 0.25) is 0 Å². The van der Waals surface area contributed by atoms with Gasteiger partial charge in [0.15, 0.2) is 0 Å². The minimum atomic E-state index is -7.09. The summed E-state index contributed by atoms with van der Waals surface area (Å²) in [6, 6.07) is 5.26. The second kappa shape index (κ2) is 5.80. The number of aryl methyl sites for hydroxylation is 1. The van der Waals surface area contributed by atoms with Crippen LogP contribution in [-0.2, 0) is 11.2 Å². The Kier molecular flexibility index (Phi) is 4.50. The van der Waals surface area contributed by atoms with Crippen LogP contribution in [0.5, 0.6) is 0 Å². The summed E-state index contributed by atoms with van der Waals surface area (Å²) in [5, 5.41) is 0. The van der Waals surface area contributed by atoms with E-state index in [0.29, 0.717) is 12.0 Å². The van der Waals surface area contributed by atoms with Crippen LogP contribution in [-0.4, -0.2) is 36.4 Å². The normalized spacial score (nSPS) is 16.6. The lowest BCUT2D eigenvalue weighted by Crippen LogP contribution is -2.66. The predicted octanol–water partition coefficient (Wildman–Crippen LogP) is 4.43. The monoisotopic (exact) mass is 379 g/mol.